The number of hydrogen-bond acceptors (Lipinski definition) is 9. The summed E-state index contributed by atoms with van der Waals surface area (Å²) in [6, 6.07) is 15.1. The van der Waals surface area contributed by atoms with E-state index in [4.69, 9.17) is 4.74 Å². The smallest absolute Gasteiger partial charge is 0.365 e. The van der Waals surface area contributed by atoms with Crippen molar-refractivity contribution in [1.29, 1.82) is 0 Å². The van der Waals surface area contributed by atoms with Crippen LogP contribution in [0.25, 0.3) is 40.6 Å². The van der Waals surface area contributed by atoms with Crippen LogP contribution in [-0.2, 0) is 6.54 Å². The average Bonchev–Trinajstić information content (AvgIpc) is 3.50. The predicted octanol–water partition coefficient (Wildman–Crippen LogP) is 4.66. The molecule has 0 aliphatic heterocycles. The number of thiophene rings is 2. The van der Waals surface area contributed by atoms with Gasteiger partial charge in [-0.05, 0) is 25.0 Å². The highest BCUT2D eigenvalue weighted by atomic mass is 32.1. The third-order valence-electron chi connectivity index (χ3n) is 5.86. The highest BCUT2D eigenvalue weighted by Gasteiger charge is 2.17. The third-order valence-corrected chi connectivity index (χ3v) is 8.16. The SMILES string of the molecule is CCCOc1nc2c(sc3ccccc32)c(=O)n1O.CCCn1c(=O)n(O)c(=O)c2sc3ccccc3c21. The van der Waals surface area contributed by atoms with E-state index < -0.39 is 16.8 Å². The molecule has 0 amide bonds. The zero-order valence-corrected chi connectivity index (χ0v) is 22.2. The minimum absolute atomic E-state index is 0.0529. The molecule has 6 aromatic rings. The first-order valence-corrected chi connectivity index (χ1v) is 13.6. The molecule has 0 spiro atoms. The summed E-state index contributed by atoms with van der Waals surface area (Å²) < 4.78 is 10.2. The molecule has 10 nitrogen and oxygen atoms in total. The van der Waals surface area contributed by atoms with Crippen molar-refractivity contribution in [3.05, 3.63) is 79.7 Å². The maximum absolute atomic E-state index is 12.1. The molecule has 0 unspecified atom stereocenters. The normalized spacial score (nSPS) is 11.3. The summed E-state index contributed by atoms with van der Waals surface area (Å²) in [6.07, 6.45) is 1.52. The minimum Gasteiger partial charge on any atom is -0.463 e. The van der Waals surface area contributed by atoms with Gasteiger partial charge >= 0.3 is 22.8 Å². The number of hydrogen-bond donors (Lipinski definition) is 2. The maximum Gasteiger partial charge on any atom is 0.365 e. The van der Waals surface area contributed by atoms with Gasteiger partial charge in [-0.25, -0.2) is 4.79 Å². The molecular weight excluding hydrogens is 528 g/mol. The van der Waals surface area contributed by atoms with Crippen LogP contribution in [-0.4, -0.2) is 36.0 Å². The average molecular weight is 553 g/mol. The summed E-state index contributed by atoms with van der Waals surface area (Å²) in [5.41, 5.74) is -0.599. The van der Waals surface area contributed by atoms with Crippen molar-refractivity contribution in [2.45, 2.75) is 33.2 Å². The number of nitrogens with zero attached hydrogens (tertiary/aromatic N) is 4. The molecule has 38 heavy (non-hydrogen) atoms. The van der Waals surface area contributed by atoms with E-state index in [0.29, 0.717) is 38.3 Å². The van der Waals surface area contributed by atoms with E-state index in [2.05, 4.69) is 4.98 Å². The van der Waals surface area contributed by atoms with Crippen LogP contribution in [0.4, 0.5) is 0 Å². The molecule has 0 saturated carbocycles. The molecule has 0 aliphatic rings. The highest BCUT2D eigenvalue weighted by Crippen LogP contribution is 2.32. The first-order chi connectivity index (χ1) is 18.4. The molecule has 0 fully saturated rings. The quantitative estimate of drug-likeness (QED) is 0.298. The topological polar surface area (TPSA) is 129 Å². The molecule has 0 aliphatic carbocycles. The molecule has 4 heterocycles. The Kier molecular flexibility index (Phi) is 6.91. The number of aromatic nitrogens is 4. The Labute approximate surface area is 222 Å². The molecule has 12 heteroatoms. The van der Waals surface area contributed by atoms with Gasteiger partial charge in [0.2, 0.25) is 0 Å². The summed E-state index contributed by atoms with van der Waals surface area (Å²) >= 11 is 2.62. The van der Waals surface area contributed by atoms with Crippen LogP contribution in [0, 0.1) is 0 Å². The van der Waals surface area contributed by atoms with Crippen molar-refractivity contribution in [3.8, 4) is 6.01 Å². The summed E-state index contributed by atoms with van der Waals surface area (Å²) in [5, 5.41) is 21.2. The first-order valence-electron chi connectivity index (χ1n) is 12.0. The van der Waals surface area contributed by atoms with Crippen LogP contribution in [0.2, 0.25) is 0 Å². The van der Waals surface area contributed by atoms with Crippen molar-refractivity contribution >= 4 is 63.3 Å². The number of ether oxygens (including phenoxy) is 1. The van der Waals surface area contributed by atoms with Crippen LogP contribution in [0.1, 0.15) is 26.7 Å². The van der Waals surface area contributed by atoms with Crippen molar-refractivity contribution in [2.24, 2.45) is 0 Å². The summed E-state index contributed by atoms with van der Waals surface area (Å²) in [7, 11) is 0. The third kappa shape index (κ3) is 4.21. The van der Waals surface area contributed by atoms with E-state index in [1.54, 1.807) is 0 Å². The van der Waals surface area contributed by atoms with Gasteiger partial charge in [-0.15, -0.1) is 22.7 Å². The summed E-state index contributed by atoms with van der Waals surface area (Å²) in [5.74, 6) is 0. The molecule has 0 bridgehead atoms. The van der Waals surface area contributed by atoms with Crippen molar-refractivity contribution in [3.63, 3.8) is 0 Å². The van der Waals surface area contributed by atoms with Crippen molar-refractivity contribution < 1.29 is 15.2 Å². The maximum atomic E-state index is 12.1. The molecule has 0 saturated heterocycles. The van der Waals surface area contributed by atoms with Crippen molar-refractivity contribution in [2.75, 3.05) is 6.61 Å². The van der Waals surface area contributed by atoms with E-state index in [-0.39, 0.29) is 10.7 Å². The lowest BCUT2D eigenvalue weighted by atomic mass is 10.2. The van der Waals surface area contributed by atoms with Gasteiger partial charge in [0.1, 0.15) is 14.9 Å². The number of fused-ring (bicyclic) bond motifs is 6. The Balaban J connectivity index is 0.000000155. The van der Waals surface area contributed by atoms with E-state index in [0.717, 1.165) is 33.0 Å². The molecule has 4 aromatic heterocycles. The van der Waals surface area contributed by atoms with Gasteiger partial charge in [-0.1, -0.05) is 59.7 Å². The summed E-state index contributed by atoms with van der Waals surface area (Å²) in [6.45, 7) is 4.76. The van der Waals surface area contributed by atoms with Gasteiger partial charge < -0.3 is 15.2 Å². The van der Waals surface area contributed by atoms with Crippen LogP contribution in [0.3, 0.4) is 0 Å². The second-order valence-corrected chi connectivity index (χ2v) is 10.6. The lowest BCUT2D eigenvalue weighted by Gasteiger charge is -2.07. The highest BCUT2D eigenvalue weighted by molar-refractivity contribution is 7.26. The fourth-order valence-electron chi connectivity index (χ4n) is 4.17. The Morgan fingerprint density at radius 1 is 0.816 bits per heavy atom. The first kappa shape index (κ1) is 25.5. The van der Waals surface area contributed by atoms with Gasteiger partial charge in [0.25, 0.3) is 0 Å². The standard InChI is InChI=1S/2C13H12N2O3S/c1-2-7-18-13-14-10-8-5-3-4-6-9(8)19-11(10)12(16)15(13)17;1-2-7-14-10-8-5-3-4-6-9(8)19-11(10)12(16)15(18)13(14)17/h3-6,17H,2,7H2,1H3;3-6,18H,2,7H2,1H3. The van der Waals surface area contributed by atoms with E-state index in [1.165, 1.54) is 27.2 Å². The van der Waals surface area contributed by atoms with Crippen LogP contribution in [0.5, 0.6) is 6.01 Å². The molecule has 0 radical (unpaired) electrons. The molecule has 0 atom stereocenters. The van der Waals surface area contributed by atoms with Gasteiger partial charge in [-0.2, -0.15) is 4.98 Å². The molecule has 6 rings (SSSR count). The lowest BCUT2D eigenvalue weighted by molar-refractivity contribution is 0.124. The Bertz CT molecular complexity index is 1980. The molecule has 2 aromatic carbocycles. The number of benzene rings is 2. The fraction of sp³-hybridized carbons (Fsp3) is 0.231. The number of aryl methyl sites for hydroxylation is 1. The monoisotopic (exact) mass is 552 g/mol. The van der Waals surface area contributed by atoms with Crippen LogP contribution < -0.4 is 21.5 Å². The van der Waals surface area contributed by atoms with Crippen molar-refractivity contribution in [1.82, 2.24) is 19.0 Å². The summed E-state index contributed by atoms with van der Waals surface area (Å²) in [4.78, 5) is 40.3. The molecule has 2 N–H and O–H groups in total. The fourth-order valence-corrected chi connectivity index (χ4v) is 6.37. The Morgan fingerprint density at radius 2 is 1.42 bits per heavy atom. The van der Waals surface area contributed by atoms with Crippen LogP contribution in [0.15, 0.2) is 62.9 Å². The Morgan fingerprint density at radius 3 is 2.11 bits per heavy atom. The lowest BCUT2D eigenvalue weighted by Crippen LogP contribution is -2.38. The zero-order chi connectivity index (χ0) is 27.0. The van der Waals surface area contributed by atoms with E-state index in [9.17, 15) is 24.8 Å². The van der Waals surface area contributed by atoms with Gasteiger partial charge in [0.05, 0.1) is 12.1 Å². The second-order valence-electron chi connectivity index (χ2n) is 8.46. The van der Waals surface area contributed by atoms with E-state index in [1.807, 2.05) is 62.4 Å². The van der Waals surface area contributed by atoms with Crippen LogP contribution >= 0.6 is 22.7 Å². The molecule has 196 valence electrons. The second kappa shape index (κ2) is 10.3. The van der Waals surface area contributed by atoms with Gasteiger partial charge in [0.15, 0.2) is 0 Å². The van der Waals surface area contributed by atoms with E-state index >= 15 is 0 Å². The van der Waals surface area contributed by atoms with Gasteiger partial charge in [0, 0.05) is 26.7 Å². The number of rotatable bonds is 5. The predicted molar refractivity (Wildman–Crippen MR) is 150 cm³/mol. The Hall–Kier alpha value is -4.16. The minimum atomic E-state index is -0.678. The molecular formula is C26H24N4O6S2. The zero-order valence-electron chi connectivity index (χ0n) is 20.6. The van der Waals surface area contributed by atoms with Gasteiger partial charge in [-0.3, -0.25) is 14.2 Å². The largest absolute Gasteiger partial charge is 0.463 e.